The molecule has 1 saturated carbocycles. The standard InChI is InChI=1S/C20H34N2O5S.ClH/c1-16(27-20(24)17-5-3-2-4-6-17)15-19(23)22-9-7-18(8-10-22)21-11-13-28(25,26)14-12-21;/h16-18H,2-15H2,1H3;1H. The molecule has 2 saturated heterocycles. The molecule has 0 bridgehead atoms. The van der Waals surface area contributed by atoms with E-state index in [1.165, 1.54) is 6.42 Å². The van der Waals surface area contributed by atoms with Crippen LogP contribution >= 0.6 is 0 Å². The van der Waals surface area contributed by atoms with Gasteiger partial charge in [-0.15, -0.1) is 0 Å². The monoisotopic (exact) mass is 450 g/mol. The first-order valence-corrected chi connectivity index (χ1v) is 12.7. The molecule has 1 N–H and O–H groups in total. The molecule has 29 heavy (non-hydrogen) atoms. The molecular weight excluding hydrogens is 416 g/mol. The lowest BCUT2D eigenvalue weighted by Gasteiger charge is -2.37. The summed E-state index contributed by atoms with van der Waals surface area (Å²) >= 11 is 0. The number of piperidine rings is 1. The Bertz CT molecular complexity index is 644. The van der Waals surface area contributed by atoms with Gasteiger partial charge in [0.1, 0.15) is 6.10 Å². The van der Waals surface area contributed by atoms with Gasteiger partial charge in [0, 0.05) is 32.0 Å². The molecule has 1 unspecified atom stereocenters. The summed E-state index contributed by atoms with van der Waals surface area (Å²) in [6.07, 6.45) is 6.95. The molecule has 1 atom stereocenters. The quantitative estimate of drug-likeness (QED) is 0.455. The van der Waals surface area contributed by atoms with Crippen molar-refractivity contribution in [3.8, 4) is 0 Å². The Kier molecular flexibility index (Phi) is 9.38. The molecule has 0 radical (unpaired) electrons. The summed E-state index contributed by atoms with van der Waals surface area (Å²) in [7, 11) is -2.85. The summed E-state index contributed by atoms with van der Waals surface area (Å²) in [6.45, 7) is 4.60. The number of quaternary nitrogens is 1. The Balaban J connectivity index is 0.00000300. The van der Waals surface area contributed by atoms with Crippen LogP contribution in [0.2, 0.25) is 0 Å². The van der Waals surface area contributed by atoms with E-state index in [-0.39, 0.29) is 54.2 Å². The van der Waals surface area contributed by atoms with Crippen molar-refractivity contribution in [2.75, 3.05) is 37.7 Å². The molecule has 7 nitrogen and oxygen atoms in total. The Labute approximate surface area is 180 Å². The second-order valence-corrected chi connectivity index (χ2v) is 11.0. The van der Waals surface area contributed by atoms with Crippen LogP contribution in [0.15, 0.2) is 0 Å². The van der Waals surface area contributed by atoms with Crippen LogP contribution in [0, 0.1) is 5.92 Å². The van der Waals surface area contributed by atoms with Crippen LogP contribution in [0.5, 0.6) is 0 Å². The van der Waals surface area contributed by atoms with Gasteiger partial charge in [0.2, 0.25) is 0 Å². The summed E-state index contributed by atoms with van der Waals surface area (Å²) in [5.74, 6) is 0.520. The van der Waals surface area contributed by atoms with Gasteiger partial charge in [-0.05, 0) is 19.8 Å². The smallest absolute Gasteiger partial charge is 0.315 e. The van der Waals surface area contributed by atoms with Gasteiger partial charge >= 0.3 is 11.9 Å². The number of sulfone groups is 1. The van der Waals surface area contributed by atoms with Crippen LogP contribution < -0.4 is 17.3 Å². The maximum atomic E-state index is 12.6. The maximum Gasteiger partial charge on any atom is 0.315 e. The Morgan fingerprint density at radius 2 is 1.62 bits per heavy atom. The number of hydrogen-bond acceptors (Lipinski definition) is 6. The summed E-state index contributed by atoms with van der Waals surface area (Å²) < 4.78 is 28.7. The van der Waals surface area contributed by atoms with E-state index in [1.807, 2.05) is 6.92 Å². The average molecular weight is 451 g/mol. The second-order valence-electron chi connectivity index (χ2n) is 8.73. The zero-order valence-electron chi connectivity index (χ0n) is 17.4. The highest BCUT2D eigenvalue weighted by molar-refractivity contribution is 7.91. The molecule has 1 aliphatic carbocycles. The number of carbonyl (C=O) groups is 2. The second kappa shape index (κ2) is 11.1. The van der Waals surface area contributed by atoms with E-state index < -0.39 is 9.84 Å². The van der Waals surface area contributed by atoms with Crippen molar-refractivity contribution in [1.29, 1.82) is 0 Å². The van der Waals surface area contributed by atoms with Crippen LogP contribution in [-0.2, 0) is 24.2 Å². The van der Waals surface area contributed by atoms with E-state index in [1.54, 1.807) is 0 Å². The highest BCUT2D eigenvalue weighted by Crippen LogP contribution is 2.25. The lowest BCUT2D eigenvalue weighted by Crippen LogP contribution is -3.16. The highest BCUT2D eigenvalue weighted by Gasteiger charge is 2.34. The molecular formula is C20H35ClN2O5S. The van der Waals surface area contributed by atoms with Crippen molar-refractivity contribution in [2.24, 2.45) is 5.92 Å². The fraction of sp³-hybridized carbons (Fsp3) is 0.900. The van der Waals surface area contributed by atoms with Gasteiger partial charge in [0.05, 0.1) is 36.9 Å². The third-order valence-corrected chi connectivity index (χ3v) is 8.19. The maximum absolute atomic E-state index is 12.6. The zero-order chi connectivity index (χ0) is 20.1. The lowest BCUT2D eigenvalue weighted by atomic mass is 9.89. The zero-order valence-corrected chi connectivity index (χ0v) is 19.0. The third-order valence-electron chi connectivity index (χ3n) is 6.58. The van der Waals surface area contributed by atoms with Gasteiger partial charge in [0.25, 0.3) is 0 Å². The van der Waals surface area contributed by atoms with Crippen molar-refractivity contribution in [2.45, 2.75) is 70.4 Å². The van der Waals surface area contributed by atoms with Gasteiger partial charge in [-0.25, -0.2) is 13.2 Å². The SMILES string of the molecule is CC(CC(=O)[NH+]1CCC(N2CCS(=O)(=O)CC2)CC1)OC(=O)C1CCCCC1.[Cl-]. The minimum atomic E-state index is -2.85. The molecule has 0 aromatic rings. The first-order chi connectivity index (χ1) is 13.3. The van der Waals surface area contributed by atoms with E-state index in [0.717, 1.165) is 56.5 Å². The summed E-state index contributed by atoms with van der Waals surface area (Å²) in [5.41, 5.74) is 0. The summed E-state index contributed by atoms with van der Waals surface area (Å²) in [5, 5.41) is 0. The van der Waals surface area contributed by atoms with Crippen LogP contribution in [0.1, 0.15) is 58.3 Å². The molecule has 0 aromatic heterocycles. The van der Waals surface area contributed by atoms with Crippen molar-refractivity contribution in [1.82, 2.24) is 4.90 Å². The number of hydrogen-bond donors (Lipinski definition) is 1. The molecule has 9 heteroatoms. The molecule has 0 aromatic carbocycles. The minimum Gasteiger partial charge on any atom is -1.00 e. The van der Waals surface area contributed by atoms with Gasteiger partial charge in [0.15, 0.2) is 9.84 Å². The Morgan fingerprint density at radius 3 is 2.21 bits per heavy atom. The van der Waals surface area contributed by atoms with Gasteiger partial charge in [-0.1, -0.05) is 19.3 Å². The molecule has 1 amide bonds. The number of amides is 1. The molecule has 2 aliphatic heterocycles. The van der Waals surface area contributed by atoms with Crippen LogP contribution in [0.3, 0.4) is 0 Å². The number of esters is 1. The van der Waals surface area contributed by atoms with Gasteiger partial charge in [-0.3, -0.25) is 14.6 Å². The fourth-order valence-corrected chi connectivity index (χ4v) is 6.00. The molecule has 3 aliphatic rings. The molecule has 168 valence electrons. The van der Waals surface area contributed by atoms with E-state index in [2.05, 4.69) is 4.90 Å². The minimum absolute atomic E-state index is 0. The van der Waals surface area contributed by atoms with Crippen LogP contribution in [0.4, 0.5) is 0 Å². The summed E-state index contributed by atoms with van der Waals surface area (Å²) in [4.78, 5) is 28.1. The lowest BCUT2D eigenvalue weighted by molar-refractivity contribution is -0.827. The molecule has 3 rings (SSSR count). The Morgan fingerprint density at radius 1 is 1.03 bits per heavy atom. The first kappa shape index (κ1) is 24.6. The predicted octanol–water partition coefficient (Wildman–Crippen LogP) is -2.80. The molecule has 2 heterocycles. The number of rotatable bonds is 5. The topological polar surface area (TPSA) is 85.2 Å². The number of halogens is 1. The fourth-order valence-electron chi connectivity index (χ4n) is 4.77. The number of likely N-dealkylation sites (tertiary alicyclic amines) is 1. The van der Waals surface area contributed by atoms with Crippen molar-refractivity contribution in [3.05, 3.63) is 0 Å². The highest BCUT2D eigenvalue weighted by atomic mass is 35.5. The number of ether oxygens (including phenoxy) is 1. The predicted molar refractivity (Wildman–Crippen MR) is 106 cm³/mol. The van der Waals surface area contributed by atoms with Crippen LogP contribution in [-0.4, -0.2) is 75.0 Å². The largest absolute Gasteiger partial charge is 1.00 e. The third kappa shape index (κ3) is 7.19. The van der Waals surface area contributed by atoms with Gasteiger partial charge < -0.3 is 17.1 Å². The van der Waals surface area contributed by atoms with Crippen molar-refractivity contribution in [3.63, 3.8) is 0 Å². The number of carbonyl (C=O) groups excluding carboxylic acids is 2. The van der Waals surface area contributed by atoms with E-state index in [4.69, 9.17) is 4.74 Å². The van der Waals surface area contributed by atoms with Crippen LogP contribution in [0.25, 0.3) is 0 Å². The molecule has 3 fully saturated rings. The summed E-state index contributed by atoms with van der Waals surface area (Å²) in [6, 6.07) is 0.383. The molecule has 0 spiro atoms. The Hall–Kier alpha value is -0.700. The number of nitrogens with one attached hydrogen (secondary N) is 1. The van der Waals surface area contributed by atoms with Crippen molar-refractivity contribution < 1.29 is 40.1 Å². The van der Waals surface area contributed by atoms with Gasteiger partial charge in [-0.2, -0.15) is 0 Å². The average Bonchev–Trinajstić information content (AvgIpc) is 2.68. The van der Waals surface area contributed by atoms with E-state index >= 15 is 0 Å². The first-order valence-electron chi connectivity index (χ1n) is 10.9. The van der Waals surface area contributed by atoms with Crippen molar-refractivity contribution >= 4 is 21.7 Å². The normalized spacial score (nSPS) is 29.4. The van der Waals surface area contributed by atoms with E-state index in [9.17, 15) is 18.0 Å². The number of nitrogens with zero attached hydrogens (tertiary/aromatic N) is 1. The van der Waals surface area contributed by atoms with E-state index in [0.29, 0.717) is 19.1 Å².